The Labute approximate surface area is 198 Å². The third kappa shape index (κ3) is 5.00. The second-order valence-corrected chi connectivity index (χ2v) is 8.80. The summed E-state index contributed by atoms with van der Waals surface area (Å²) in [4.78, 5) is 49.5. The molecule has 0 aromatic heterocycles. The number of ether oxygens (including phenoxy) is 2. The molecule has 0 spiro atoms. The summed E-state index contributed by atoms with van der Waals surface area (Å²) in [6.07, 6.45) is -2.37. The number of amides is 2. The minimum Gasteiger partial charge on any atom is -0.484 e. The number of hydrogen-bond donors (Lipinski definition) is 3. The van der Waals surface area contributed by atoms with Crippen molar-refractivity contribution in [3.05, 3.63) is 60.2 Å². The van der Waals surface area contributed by atoms with E-state index in [9.17, 15) is 24.3 Å². The molecule has 11 heteroatoms. The zero-order valence-electron chi connectivity index (χ0n) is 17.8. The number of carboxylic acids is 1. The minimum atomic E-state index is -2.10. The van der Waals surface area contributed by atoms with Crippen LogP contribution in [0, 0.1) is 0 Å². The van der Waals surface area contributed by atoms with Gasteiger partial charge in [-0.2, -0.15) is 0 Å². The van der Waals surface area contributed by atoms with Crippen LogP contribution < -0.4 is 14.8 Å². The predicted octanol–water partition coefficient (Wildman–Crippen LogP) is 0.428. The van der Waals surface area contributed by atoms with E-state index in [-0.39, 0.29) is 18.1 Å². The maximum atomic E-state index is 12.7. The summed E-state index contributed by atoms with van der Waals surface area (Å²) >= 11 is 0.956. The highest BCUT2D eigenvalue weighted by atomic mass is 32.2. The maximum Gasteiger partial charge on any atom is 0.354 e. The van der Waals surface area contributed by atoms with Crippen LogP contribution in [0.3, 0.4) is 0 Å². The number of nitrogens with zero attached hydrogens (tertiary/aromatic N) is 1. The first-order valence-electron chi connectivity index (χ1n) is 10.4. The number of fused-ring (bicyclic) bond motifs is 1. The molecular weight excluding hydrogens is 464 g/mol. The zero-order chi connectivity index (χ0) is 24.2. The number of carbonyl (C=O) groups excluding carboxylic acids is 3. The van der Waals surface area contributed by atoms with E-state index in [0.717, 1.165) is 22.2 Å². The summed E-state index contributed by atoms with van der Waals surface area (Å²) < 4.78 is 11.0. The minimum absolute atomic E-state index is 0.105. The SMILES string of the molecule is O=C(COc1ccccc1)N[C@@H]1C(=O)N([C@@H](O)C(=O)O)[C@@H]1SCC(=O)[C@H]1Cc2ccccc2O1. The number of carboxylic acid groups (broad SMARTS) is 1. The van der Waals surface area contributed by atoms with Crippen LogP contribution in [0.4, 0.5) is 0 Å². The van der Waals surface area contributed by atoms with Gasteiger partial charge in [-0.3, -0.25) is 19.3 Å². The standard InChI is InChI=1S/C23H22N2O8S/c26-15(17-10-13-6-4-5-9-16(13)33-17)12-34-22-19(20(28)25(22)21(29)23(30)31)24-18(27)11-32-14-7-2-1-3-8-14/h1-9,17,19,21-22,29H,10-12H2,(H,24,27)(H,30,31)/t17-,19-,21+,22-/m1/s1. The van der Waals surface area contributed by atoms with Crippen LogP contribution in [0.2, 0.25) is 0 Å². The quantitative estimate of drug-likeness (QED) is 0.407. The molecule has 4 atom stereocenters. The number of ketones is 1. The monoisotopic (exact) mass is 486 g/mol. The van der Waals surface area contributed by atoms with Gasteiger partial charge in [0.05, 0.1) is 5.75 Å². The average molecular weight is 487 g/mol. The van der Waals surface area contributed by atoms with Gasteiger partial charge >= 0.3 is 5.97 Å². The summed E-state index contributed by atoms with van der Waals surface area (Å²) in [5, 5.41) is 20.6. The third-order valence-corrected chi connectivity index (χ3v) is 6.69. The van der Waals surface area contributed by atoms with E-state index in [1.165, 1.54) is 0 Å². The molecule has 1 saturated heterocycles. The van der Waals surface area contributed by atoms with Crippen molar-refractivity contribution in [2.75, 3.05) is 12.4 Å². The highest BCUT2D eigenvalue weighted by Crippen LogP contribution is 2.34. The Morgan fingerprint density at radius 1 is 1.15 bits per heavy atom. The molecule has 178 valence electrons. The van der Waals surface area contributed by atoms with Gasteiger partial charge in [-0.25, -0.2) is 4.79 Å². The van der Waals surface area contributed by atoms with E-state index in [1.807, 2.05) is 12.1 Å². The maximum absolute atomic E-state index is 12.7. The van der Waals surface area contributed by atoms with Crippen LogP contribution >= 0.6 is 11.8 Å². The first kappa shape index (κ1) is 23.6. The van der Waals surface area contributed by atoms with Gasteiger partial charge in [0.2, 0.25) is 6.23 Å². The molecule has 0 radical (unpaired) electrons. The van der Waals surface area contributed by atoms with E-state index in [2.05, 4.69) is 5.32 Å². The van der Waals surface area contributed by atoms with Gasteiger partial charge in [0, 0.05) is 6.42 Å². The first-order valence-corrected chi connectivity index (χ1v) is 11.5. The Bertz CT molecular complexity index is 1070. The number of para-hydroxylation sites is 2. The first-order chi connectivity index (χ1) is 16.3. The van der Waals surface area contributed by atoms with Gasteiger partial charge < -0.3 is 25.0 Å². The molecule has 2 aliphatic heterocycles. The Morgan fingerprint density at radius 2 is 1.85 bits per heavy atom. The van der Waals surface area contributed by atoms with Crippen LogP contribution in [0.25, 0.3) is 0 Å². The Hall–Kier alpha value is -3.57. The molecule has 3 N–H and O–H groups in total. The molecule has 1 fully saturated rings. The van der Waals surface area contributed by atoms with Crippen LogP contribution in [-0.4, -0.2) is 74.8 Å². The highest BCUT2D eigenvalue weighted by molar-refractivity contribution is 8.00. The Balaban J connectivity index is 1.36. The number of aliphatic hydroxyl groups excluding tert-OH is 1. The van der Waals surface area contributed by atoms with Crippen molar-refractivity contribution in [3.8, 4) is 11.5 Å². The number of Topliss-reactive ketones (excluding diaryl/α,β-unsaturated/α-hetero) is 1. The van der Waals surface area contributed by atoms with Gasteiger partial charge in [-0.1, -0.05) is 36.4 Å². The number of carbonyl (C=O) groups is 4. The van der Waals surface area contributed by atoms with Gasteiger partial charge in [0.25, 0.3) is 11.8 Å². The second kappa shape index (κ2) is 10.1. The largest absolute Gasteiger partial charge is 0.484 e. The summed E-state index contributed by atoms with van der Waals surface area (Å²) in [7, 11) is 0. The Kier molecular flexibility index (Phi) is 7.03. The summed E-state index contributed by atoms with van der Waals surface area (Å²) in [6.45, 7) is -0.361. The van der Waals surface area contributed by atoms with E-state index < -0.39 is 41.5 Å². The average Bonchev–Trinajstić information content (AvgIpc) is 3.28. The summed E-state index contributed by atoms with van der Waals surface area (Å²) in [5.74, 6) is -2.23. The molecule has 2 aliphatic rings. The van der Waals surface area contributed by atoms with Crippen molar-refractivity contribution >= 4 is 35.3 Å². The van der Waals surface area contributed by atoms with Crippen LogP contribution in [0.5, 0.6) is 11.5 Å². The lowest BCUT2D eigenvalue weighted by molar-refractivity contribution is -0.178. The molecular formula is C23H22N2O8S. The van der Waals surface area contributed by atoms with Crippen LogP contribution in [-0.2, 0) is 25.6 Å². The van der Waals surface area contributed by atoms with Crippen molar-refractivity contribution in [3.63, 3.8) is 0 Å². The molecule has 2 heterocycles. The number of nitrogens with one attached hydrogen (secondary N) is 1. The molecule has 2 amide bonds. The van der Waals surface area contributed by atoms with E-state index >= 15 is 0 Å². The lowest BCUT2D eigenvalue weighted by atomic mass is 10.1. The van der Waals surface area contributed by atoms with Crippen molar-refractivity contribution in [2.24, 2.45) is 0 Å². The van der Waals surface area contributed by atoms with Crippen LogP contribution in [0.15, 0.2) is 54.6 Å². The fourth-order valence-corrected chi connectivity index (χ4v) is 4.96. The molecule has 0 unspecified atom stereocenters. The number of aliphatic hydroxyl groups is 1. The molecule has 0 saturated carbocycles. The molecule has 10 nitrogen and oxygen atoms in total. The molecule has 2 aromatic carbocycles. The fourth-order valence-electron chi connectivity index (χ4n) is 3.68. The van der Waals surface area contributed by atoms with E-state index in [0.29, 0.717) is 17.9 Å². The number of thioether (sulfide) groups is 1. The molecule has 2 aromatic rings. The summed E-state index contributed by atoms with van der Waals surface area (Å²) in [5.41, 5.74) is 0.913. The number of rotatable bonds is 10. The second-order valence-electron chi connectivity index (χ2n) is 7.69. The lowest BCUT2D eigenvalue weighted by Gasteiger charge is -2.47. The van der Waals surface area contributed by atoms with E-state index in [4.69, 9.17) is 14.6 Å². The molecule has 0 bridgehead atoms. The zero-order valence-corrected chi connectivity index (χ0v) is 18.6. The number of hydrogen-bond acceptors (Lipinski definition) is 8. The topological polar surface area (TPSA) is 142 Å². The summed E-state index contributed by atoms with van der Waals surface area (Å²) in [6, 6.07) is 14.8. The Morgan fingerprint density at radius 3 is 2.56 bits per heavy atom. The molecule has 34 heavy (non-hydrogen) atoms. The van der Waals surface area contributed by atoms with Gasteiger partial charge in [0.15, 0.2) is 18.5 Å². The van der Waals surface area contributed by atoms with Crippen molar-refractivity contribution < 1.29 is 38.9 Å². The third-order valence-electron chi connectivity index (χ3n) is 5.40. The van der Waals surface area contributed by atoms with Gasteiger partial charge in [-0.05, 0) is 23.8 Å². The number of β-lactam (4-membered cyclic amide) rings is 1. The van der Waals surface area contributed by atoms with E-state index in [1.54, 1.807) is 42.5 Å². The predicted molar refractivity (Wildman–Crippen MR) is 120 cm³/mol. The normalized spacial score (nSPS) is 21.6. The highest BCUT2D eigenvalue weighted by Gasteiger charge is 2.53. The van der Waals surface area contributed by atoms with Crippen molar-refractivity contribution in [1.82, 2.24) is 10.2 Å². The van der Waals surface area contributed by atoms with Crippen molar-refractivity contribution in [2.45, 2.75) is 30.2 Å². The smallest absolute Gasteiger partial charge is 0.354 e. The van der Waals surface area contributed by atoms with Crippen LogP contribution in [0.1, 0.15) is 5.56 Å². The lowest BCUT2D eigenvalue weighted by Crippen LogP contribution is -2.73. The number of benzene rings is 2. The van der Waals surface area contributed by atoms with Crippen molar-refractivity contribution in [1.29, 1.82) is 0 Å². The van der Waals surface area contributed by atoms with Gasteiger partial charge in [0.1, 0.15) is 22.9 Å². The number of likely N-dealkylation sites (tertiary alicyclic amines) is 1. The number of aliphatic carboxylic acids is 1. The van der Waals surface area contributed by atoms with Gasteiger partial charge in [-0.15, -0.1) is 11.8 Å². The molecule has 0 aliphatic carbocycles. The molecule has 4 rings (SSSR count). The fraction of sp³-hybridized carbons (Fsp3) is 0.304.